The van der Waals surface area contributed by atoms with Gasteiger partial charge in [-0.2, -0.15) is 4.31 Å². The van der Waals surface area contributed by atoms with Crippen LogP contribution in [0.3, 0.4) is 0 Å². The van der Waals surface area contributed by atoms with E-state index in [1.807, 2.05) is 0 Å². The van der Waals surface area contributed by atoms with Gasteiger partial charge in [-0.05, 0) is 38.0 Å². The fraction of sp³-hybridized carbons (Fsp3) is 0.429. The molecule has 9 heteroatoms. The molecule has 0 unspecified atom stereocenters. The van der Waals surface area contributed by atoms with E-state index < -0.39 is 33.6 Å². The van der Waals surface area contributed by atoms with Gasteiger partial charge in [-0.15, -0.1) is 0 Å². The van der Waals surface area contributed by atoms with Crippen LogP contribution in [0.2, 0.25) is 0 Å². The molecule has 1 aliphatic rings. The molecule has 1 aliphatic heterocycles. The highest BCUT2D eigenvalue weighted by atomic mass is 32.2. The first-order valence-corrected chi connectivity index (χ1v) is 8.71. The molecule has 1 aromatic heterocycles. The van der Waals surface area contributed by atoms with Gasteiger partial charge in [0.25, 0.3) is 0 Å². The quantitative estimate of drug-likeness (QED) is 0.760. The molecular weight excluding hydrogens is 322 g/mol. The van der Waals surface area contributed by atoms with Gasteiger partial charge in [0.15, 0.2) is 0 Å². The third-order valence-electron chi connectivity index (χ3n) is 4.34. The molecule has 0 spiro atoms. The molecule has 1 fully saturated rings. The highest BCUT2D eigenvalue weighted by Gasteiger charge is 2.39. The molecule has 8 nitrogen and oxygen atoms in total. The summed E-state index contributed by atoms with van der Waals surface area (Å²) < 4.78 is 26.9. The monoisotopic (exact) mass is 339 g/mol. The fourth-order valence-electron chi connectivity index (χ4n) is 3.09. The Morgan fingerprint density at radius 1 is 1.30 bits per heavy atom. The molecule has 124 valence electrons. The van der Waals surface area contributed by atoms with Crippen molar-refractivity contribution in [2.45, 2.75) is 30.7 Å². The normalized spacial score (nSPS) is 23.2. The number of rotatable bonds is 3. The Labute approximate surface area is 132 Å². The molecule has 0 radical (unpaired) electrons. The number of hydrogen-bond acceptors (Lipinski definition) is 4. The number of carboxylic acid groups (broad SMARTS) is 1. The summed E-state index contributed by atoms with van der Waals surface area (Å²) in [4.78, 5) is 27.7. The Morgan fingerprint density at radius 2 is 2.00 bits per heavy atom. The van der Waals surface area contributed by atoms with Gasteiger partial charge >= 0.3 is 11.7 Å². The van der Waals surface area contributed by atoms with E-state index in [0.29, 0.717) is 23.9 Å². The molecule has 3 rings (SSSR count). The molecule has 0 aliphatic carbocycles. The Morgan fingerprint density at radius 3 is 2.70 bits per heavy atom. The summed E-state index contributed by atoms with van der Waals surface area (Å²) in [5.74, 6) is -1.70. The number of hydrogen-bond donors (Lipinski definition) is 3. The van der Waals surface area contributed by atoms with Crippen molar-refractivity contribution in [2.75, 3.05) is 6.54 Å². The van der Waals surface area contributed by atoms with E-state index in [2.05, 4.69) is 9.97 Å². The lowest BCUT2D eigenvalue weighted by Crippen LogP contribution is -2.48. The van der Waals surface area contributed by atoms with Gasteiger partial charge in [0.05, 0.1) is 21.8 Å². The van der Waals surface area contributed by atoms with Crippen LogP contribution in [0.25, 0.3) is 11.0 Å². The number of piperidine rings is 1. The van der Waals surface area contributed by atoms with Gasteiger partial charge in [-0.25, -0.2) is 13.2 Å². The Kier molecular flexibility index (Phi) is 3.77. The highest BCUT2D eigenvalue weighted by Crippen LogP contribution is 2.30. The van der Waals surface area contributed by atoms with Crippen LogP contribution in [0.4, 0.5) is 0 Å². The Hall–Kier alpha value is -2.13. The number of aliphatic carboxylic acids is 1. The van der Waals surface area contributed by atoms with Crippen LogP contribution >= 0.6 is 0 Å². The van der Waals surface area contributed by atoms with Gasteiger partial charge in [-0.1, -0.05) is 0 Å². The lowest BCUT2D eigenvalue weighted by atomic mass is 9.92. The molecule has 2 heterocycles. The maximum Gasteiger partial charge on any atom is 0.323 e. The van der Waals surface area contributed by atoms with E-state index in [1.54, 1.807) is 6.92 Å². The number of H-pyrrole nitrogens is 2. The standard InChI is InChI=1S/C14H17N3O5S/c1-8-10(13(18)19)3-2-6-17(8)23(21,22)9-4-5-11-12(7-9)16-14(20)15-11/h4-5,7-8,10H,2-3,6H2,1H3,(H,18,19)(H2,15,16,20)/t8-,10-/m1/s1. The second kappa shape index (κ2) is 5.50. The topological polar surface area (TPSA) is 123 Å². The van der Waals surface area contributed by atoms with Crippen molar-refractivity contribution in [3.05, 3.63) is 28.7 Å². The number of imidazole rings is 1. The zero-order chi connectivity index (χ0) is 16.8. The maximum atomic E-state index is 12.8. The highest BCUT2D eigenvalue weighted by molar-refractivity contribution is 7.89. The second-order valence-corrected chi connectivity index (χ2v) is 7.62. The number of nitrogens with zero attached hydrogens (tertiary/aromatic N) is 1. The first-order valence-electron chi connectivity index (χ1n) is 7.27. The average molecular weight is 339 g/mol. The molecule has 2 aromatic rings. The third-order valence-corrected chi connectivity index (χ3v) is 6.32. The maximum absolute atomic E-state index is 12.8. The van der Waals surface area contributed by atoms with Gasteiger partial charge in [0.2, 0.25) is 10.0 Å². The smallest absolute Gasteiger partial charge is 0.323 e. The summed E-state index contributed by atoms with van der Waals surface area (Å²) >= 11 is 0. The van der Waals surface area contributed by atoms with E-state index >= 15 is 0 Å². The summed E-state index contributed by atoms with van der Waals surface area (Å²) in [6, 6.07) is 3.70. The third kappa shape index (κ3) is 2.66. The van der Waals surface area contributed by atoms with E-state index in [9.17, 15) is 23.1 Å². The van der Waals surface area contributed by atoms with E-state index in [-0.39, 0.29) is 11.4 Å². The number of carboxylic acids is 1. The van der Waals surface area contributed by atoms with Crippen molar-refractivity contribution in [1.82, 2.24) is 14.3 Å². The SMILES string of the molecule is C[C@@H]1[C@H](C(=O)O)CCCN1S(=O)(=O)c1ccc2[nH]c(=O)[nH]c2c1. The lowest BCUT2D eigenvalue weighted by Gasteiger charge is -2.36. The second-order valence-electron chi connectivity index (χ2n) is 5.73. The molecule has 0 bridgehead atoms. The minimum Gasteiger partial charge on any atom is -0.481 e. The van der Waals surface area contributed by atoms with E-state index in [0.717, 1.165) is 0 Å². The molecule has 3 N–H and O–H groups in total. The number of aromatic amines is 2. The minimum absolute atomic E-state index is 0.0399. The van der Waals surface area contributed by atoms with Gasteiger partial charge in [0, 0.05) is 12.6 Å². The summed E-state index contributed by atoms with van der Waals surface area (Å²) in [6.07, 6.45) is 0.969. The zero-order valence-corrected chi connectivity index (χ0v) is 13.3. The van der Waals surface area contributed by atoms with Gasteiger partial charge in [0.1, 0.15) is 0 Å². The molecule has 0 saturated carbocycles. The predicted octanol–water partition coefficient (Wildman–Crippen LogP) is 0.730. The molecule has 23 heavy (non-hydrogen) atoms. The van der Waals surface area contributed by atoms with E-state index in [4.69, 9.17) is 0 Å². The van der Waals surface area contributed by atoms with Crippen LogP contribution in [-0.4, -0.2) is 46.4 Å². The van der Waals surface area contributed by atoms with Crippen LogP contribution in [0.15, 0.2) is 27.9 Å². The Balaban J connectivity index is 2.01. The number of nitrogens with one attached hydrogen (secondary N) is 2. The molecule has 1 aromatic carbocycles. The fourth-order valence-corrected chi connectivity index (χ4v) is 4.82. The number of fused-ring (bicyclic) bond motifs is 1. The lowest BCUT2D eigenvalue weighted by molar-refractivity contribution is -0.144. The summed E-state index contributed by atoms with van der Waals surface area (Å²) in [5.41, 5.74) is 0.506. The molecule has 2 atom stereocenters. The van der Waals surface area contributed by atoms with Gasteiger partial charge in [-0.3, -0.25) is 4.79 Å². The average Bonchev–Trinajstić information content (AvgIpc) is 2.85. The number of aromatic nitrogens is 2. The van der Waals surface area contributed by atoms with Crippen molar-refractivity contribution in [3.63, 3.8) is 0 Å². The number of carbonyl (C=O) groups is 1. The van der Waals surface area contributed by atoms with Crippen molar-refractivity contribution in [2.24, 2.45) is 5.92 Å². The van der Waals surface area contributed by atoms with E-state index in [1.165, 1.54) is 22.5 Å². The van der Waals surface area contributed by atoms with Crippen molar-refractivity contribution < 1.29 is 18.3 Å². The zero-order valence-electron chi connectivity index (χ0n) is 12.4. The predicted molar refractivity (Wildman–Crippen MR) is 82.6 cm³/mol. The van der Waals surface area contributed by atoms with Gasteiger partial charge < -0.3 is 15.1 Å². The van der Waals surface area contributed by atoms with Crippen molar-refractivity contribution >= 4 is 27.0 Å². The minimum atomic E-state index is -3.83. The Bertz CT molecular complexity index is 914. The number of benzene rings is 1. The molecule has 0 amide bonds. The number of sulfonamides is 1. The summed E-state index contributed by atoms with van der Waals surface area (Å²) in [5, 5.41) is 9.24. The van der Waals surface area contributed by atoms with Crippen LogP contribution in [-0.2, 0) is 14.8 Å². The first kappa shape index (κ1) is 15.8. The summed E-state index contributed by atoms with van der Waals surface area (Å²) in [6.45, 7) is 1.90. The van der Waals surface area contributed by atoms with Crippen molar-refractivity contribution in [1.29, 1.82) is 0 Å². The van der Waals surface area contributed by atoms with Crippen LogP contribution in [0, 0.1) is 5.92 Å². The summed E-state index contributed by atoms with van der Waals surface area (Å²) in [7, 11) is -3.83. The van der Waals surface area contributed by atoms with Crippen LogP contribution in [0.5, 0.6) is 0 Å². The largest absolute Gasteiger partial charge is 0.481 e. The van der Waals surface area contributed by atoms with Crippen molar-refractivity contribution in [3.8, 4) is 0 Å². The van der Waals surface area contributed by atoms with Crippen LogP contribution in [0.1, 0.15) is 19.8 Å². The molecular formula is C14H17N3O5S. The first-order chi connectivity index (χ1) is 10.8. The molecule has 1 saturated heterocycles. The van der Waals surface area contributed by atoms with Crippen LogP contribution < -0.4 is 5.69 Å².